The van der Waals surface area contributed by atoms with Crippen LogP contribution < -0.4 is 5.73 Å². The number of aromatic nitrogens is 2. The Morgan fingerprint density at radius 3 is 2.89 bits per heavy atom. The molecule has 0 amide bonds. The molecule has 0 aliphatic carbocycles. The smallest absolute Gasteiger partial charge is 0.109 e. The van der Waals surface area contributed by atoms with Gasteiger partial charge < -0.3 is 15.4 Å². The number of benzene rings is 1. The summed E-state index contributed by atoms with van der Waals surface area (Å²) in [6, 6.07) is 8.11. The molecule has 4 heteroatoms. The van der Waals surface area contributed by atoms with E-state index in [1.165, 1.54) is 0 Å². The van der Waals surface area contributed by atoms with Crippen molar-refractivity contribution in [2.75, 3.05) is 6.61 Å². The summed E-state index contributed by atoms with van der Waals surface area (Å²) in [5.74, 6) is 1.09. The third-order valence-electron chi connectivity index (χ3n) is 3.12. The first kappa shape index (κ1) is 13.1. The summed E-state index contributed by atoms with van der Waals surface area (Å²) < 4.78 is 2.19. The van der Waals surface area contributed by atoms with E-state index in [0.29, 0.717) is 6.42 Å². The van der Waals surface area contributed by atoms with E-state index in [4.69, 9.17) is 10.8 Å². The SMILES string of the molecule is CCCc1nc2ccccc2n1CC(N)CCO. The number of rotatable bonds is 6. The molecule has 98 valence electrons. The molecule has 0 radical (unpaired) electrons. The molecule has 1 heterocycles. The minimum absolute atomic E-state index is 0.0248. The number of imidazole rings is 1. The Kier molecular flexibility index (Phi) is 4.33. The van der Waals surface area contributed by atoms with Crippen LogP contribution in [0.2, 0.25) is 0 Å². The normalized spacial score (nSPS) is 13.1. The fourth-order valence-electron chi connectivity index (χ4n) is 2.24. The van der Waals surface area contributed by atoms with Gasteiger partial charge in [-0.2, -0.15) is 0 Å². The molecule has 2 aromatic rings. The molecule has 1 aromatic carbocycles. The number of fused-ring (bicyclic) bond motifs is 1. The molecule has 0 saturated carbocycles. The number of nitrogens with two attached hydrogens (primary N) is 1. The summed E-state index contributed by atoms with van der Waals surface area (Å²) in [7, 11) is 0. The second-order valence-electron chi connectivity index (χ2n) is 4.65. The first-order valence-corrected chi connectivity index (χ1v) is 6.56. The summed E-state index contributed by atoms with van der Waals surface area (Å²) in [6.07, 6.45) is 2.65. The van der Waals surface area contributed by atoms with Crippen LogP contribution in [0.4, 0.5) is 0 Å². The quantitative estimate of drug-likeness (QED) is 0.816. The summed E-state index contributed by atoms with van der Waals surface area (Å²) >= 11 is 0. The zero-order valence-corrected chi connectivity index (χ0v) is 10.8. The van der Waals surface area contributed by atoms with Gasteiger partial charge in [-0.15, -0.1) is 0 Å². The Balaban J connectivity index is 2.35. The number of aliphatic hydroxyl groups excluding tert-OH is 1. The van der Waals surface area contributed by atoms with E-state index in [9.17, 15) is 0 Å². The lowest BCUT2D eigenvalue weighted by Crippen LogP contribution is -2.28. The second kappa shape index (κ2) is 5.98. The van der Waals surface area contributed by atoms with Crippen molar-refractivity contribution in [3.63, 3.8) is 0 Å². The lowest BCUT2D eigenvalue weighted by atomic mass is 10.2. The monoisotopic (exact) mass is 247 g/mol. The number of aliphatic hydroxyl groups is 1. The zero-order valence-electron chi connectivity index (χ0n) is 10.8. The Bertz CT molecular complexity index is 507. The number of nitrogens with zero attached hydrogens (tertiary/aromatic N) is 2. The van der Waals surface area contributed by atoms with Crippen molar-refractivity contribution in [2.45, 2.75) is 38.8 Å². The van der Waals surface area contributed by atoms with Gasteiger partial charge >= 0.3 is 0 Å². The van der Waals surface area contributed by atoms with Gasteiger partial charge in [-0.3, -0.25) is 0 Å². The average molecular weight is 247 g/mol. The van der Waals surface area contributed by atoms with Crippen LogP contribution in [0, 0.1) is 0 Å². The van der Waals surface area contributed by atoms with Gasteiger partial charge in [0.05, 0.1) is 11.0 Å². The molecule has 0 spiro atoms. The maximum atomic E-state index is 8.95. The van der Waals surface area contributed by atoms with E-state index in [2.05, 4.69) is 22.5 Å². The third-order valence-corrected chi connectivity index (χ3v) is 3.12. The summed E-state index contributed by atoms with van der Waals surface area (Å²) in [5.41, 5.74) is 8.18. The maximum absolute atomic E-state index is 8.95. The fraction of sp³-hybridized carbons (Fsp3) is 0.500. The molecule has 0 aliphatic rings. The highest BCUT2D eigenvalue weighted by atomic mass is 16.3. The van der Waals surface area contributed by atoms with Gasteiger partial charge in [-0.25, -0.2) is 4.98 Å². The standard InChI is InChI=1S/C14H21N3O/c1-2-5-14-16-12-6-3-4-7-13(12)17(14)10-11(15)8-9-18/h3-4,6-7,11,18H,2,5,8-10,15H2,1H3. The Morgan fingerprint density at radius 2 is 2.17 bits per heavy atom. The summed E-state index contributed by atoms with van der Waals surface area (Å²) in [5, 5.41) is 8.95. The molecule has 2 rings (SSSR count). The predicted molar refractivity (Wildman–Crippen MR) is 73.4 cm³/mol. The van der Waals surface area contributed by atoms with Crippen LogP contribution in [0.5, 0.6) is 0 Å². The second-order valence-corrected chi connectivity index (χ2v) is 4.65. The molecule has 0 saturated heterocycles. The highest BCUT2D eigenvalue weighted by Crippen LogP contribution is 2.17. The summed E-state index contributed by atoms with van der Waals surface area (Å²) in [4.78, 5) is 4.66. The molecular formula is C14H21N3O. The van der Waals surface area contributed by atoms with Crippen molar-refractivity contribution in [1.29, 1.82) is 0 Å². The molecular weight excluding hydrogens is 226 g/mol. The van der Waals surface area contributed by atoms with E-state index in [1.54, 1.807) is 0 Å². The van der Waals surface area contributed by atoms with Gasteiger partial charge in [-0.05, 0) is 25.0 Å². The van der Waals surface area contributed by atoms with Gasteiger partial charge in [0.2, 0.25) is 0 Å². The van der Waals surface area contributed by atoms with Gasteiger partial charge in [0, 0.05) is 25.6 Å². The van der Waals surface area contributed by atoms with Crippen LogP contribution in [0.15, 0.2) is 24.3 Å². The van der Waals surface area contributed by atoms with Crippen molar-refractivity contribution in [2.24, 2.45) is 5.73 Å². The Hall–Kier alpha value is -1.39. The van der Waals surface area contributed by atoms with Crippen LogP contribution in [0.25, 0.3) is 11.0 Å². The van der Waals surface area contributed by atoms with E-state index >= 15 is 0 Å². The van der Waals surface area contributed by atoms with Crippen LogP contribution in [0.1, 0.15) is 25.6 Å². The Labute approximate surface area is 107 Å². The lowest BCUT2D eigenvalue weighted by Gasteiger charge is -2.14. The molecule has 0 aliphatic heterocycles. The molecule has 4 nitrogen and oxygen atoms in total. The average Bonchev–Trinajstić information content (AvgIpc) is 2.69. The van der Waals surface area contributed by atoms with Crippen LogP contribution >= 0.6 is 0 Å². The minimum Gasteiger partial charge on any atom is -0.396 e. The molecule has 18 heavy (non-hydrogen) atoms. The highest BCUT2D eigenvalue weighted by Gasteiger charge is 2.12. The third kappa shape index (κ3) is 2.71. The first-order chi connectivity index (χ1) is 8.76. The van der Waals surface area contributed by atoms with Crippen LogP contribution in [0.3, 0.4) is 0 Å². The largest absolute Gasteiger partial charge is 0.396 e. The van der Waals surface area contributed by atoms with Crippen molar-refractivity contribution in [1.82, 2.24) is 9.55 Å². The number of hydrogen-bond acceptors (Lipinski definition) is 3. The van der Waals surface area contributed by atoms with Gasteiger partial charge in [-0.1, -0.05) is 19.1 Å². The van der Waals surface area contributed by atoms with Crippen molar-refractivity contribution in [3.8, 4) is 0 Å². The van der Waals surface area contributed by atoms with Gasteiger partial charge in [0.15, 0.2) is 0 Å². The molecule has 0 bridgehead atoms. The molecule has 1 atom stereocenters. The topological polar surface area (TPSA) is 64.1 Å². The number of para-hydroxylation sites is 2. The highest BCUT2D eigenvalue weighted by molar-refractivity contribution is 5.75. The van der Waals surface area contributed by atoms with Crippen LogP contribution in [-0.2, 0) is 13.0 Å². The number of hydrogen-bond donors (Lipinski definition) is 2. The zero-order chi connectivity index (χ0) is 13.0. The number of aryl methyl sites for hydroxylation is 1. The van der Waals surface area contributed by atoms with E-state index in [-0.39, 0.29) is 12.6 Å². The van der Waals surface area contributed by atoms with E-state index in [1.807, 2.05) is 18.2 Å². The van der Waals surface area contributed by atoms with E-state index in [0.717, 1.165) is 36.2 Å². The van der Waals surface area contributed by atoms with E-state index < -0.39 is 0 Å². The van der Waals surface area contributed by atoms with Gasteiger partial charge in [0.1, 0.15) is 5.82 Å². The van der Waals surface area contributed by atoms with Crippen LogP contribution in [-0.4, -0.2) is 27.3 Å². The fourth-order valence-corrected chi connectivity index (χ4v) is 2.24. The van der Waals surface area contributed by atoms with Crippen molar-refractivity contribution >= 4 is 11.0 Å². The lowest BCUT2D eigenvalue weighted by molar-refractivity contribution is 0.270. The molecule has 1 unspecified atom stereocenters. The minimum atomic E-state index is -0.0248. The molecule has 0 fully saturated rings. The molecule has 3 N–H and O–H groups in total. The predicted octanol–water partition coefficient (Wildman–Crippen LogP) is 1.70. The van der Waals surface area contributed by atoms with Crippen molar-refractivity contribution in [3.05, 3.63) is 30.1 Å². The van der Waals surface area contributed by atoms with Crippen molar-refractivity contribution < 1.29 is 5.11 Å². The summed E-state index contributed by atoms with van der Waals surface area (Å²) in [6.45, 7) is 3.00. The maximum Gasteiger partial charge on any atom is 0.109 e. The Morgan fingerprint density at radius 1 is 1.39 bits per heavy atom. The molecule has 1 aromatic heterocycles. The first-order valence-electron chi connectivity index (χ1n) is 6.56. The van der Waals surface area contributed by atoms with Gasteiger partial charge in [0.25, 0.3) is 0 Å².